The molecule has 0 heterocycles. The Bertz CT molecular complexity index is 1020. The fourth-order valence-electron chi connectivity index (χ4n) is 3.51. The van der Waals surface area contributed by atoms with Crippen LogP contribution in [-0.4, -0.2) is 47.9 Å². The van der Waals surface area contributed by atoms with E-state index in [1.165, 1.54) is 12.1 Å². The van der Waals surface area contributed by atoms with Gasteiger partial charge < -0.3 is 29.8 Å². The predicted molar refractivity (Wildman–Crippen MR) is 150 cm³/mol. The zero-order chi connectivity index (χ0) is 30.9. The first-order valence-corrected chi connectivity index (χ1v) is 13.9. The number of aliphatic carboxylic acids is 1. The summed E-state index contributed by atoms with van der Waals surface area (Å²) >= 11 is 0. The van der Waals surface area contributed by atoms with Crippen molar-refractivity contribution in [2.45, 2.75) is 87.3 Å². The molecule has 0 radical (unpaired) electrons. The third-order valence-electron chi connectivity index (χ3n) is 7.49. The van der Waals surface area contributed by atoms with Crippen LogP contribution in [-0.2, 0) is 23.9 Å². The van der Waals surface area contributed by atoms with E-state index in [-0.39, 0.29) is 42.0 Å². The minimum Gasteiger partial charge on any atom is -0.480 e. The van der Waals surface area contributed by atoms with Crippen molar-refractivity contribution in [3.8, 4) is 11.5 Å². The van der Waals surface area contributed by atoms with Gasteiger partial charge in [-0.25, -0.2) is 4.79 Å². The van der Waals surface area contributed by atoms with Crippen molar-refractivity contribution in [1.29, 1.82) is 0 Å². The Hall–Kier alpha value is -3.14. The lowest BCUT2D eigenvalue weighted by molar-refractivity contribution is -0.142. The Morgan fingerprint density at radius 1 is 0.775 bits per heavy atom. The van der Waals surface area contributed by atoms with Gasteiger partial charge in [-0.05, 0) is 48.3 Å². The molecule has 5 unspecified atom stereocenters. The number of ether oxygens (including phenoxy) is 4. The minimum absolute atomic E-state index is 0.00818. The van der Waals surface area contributed by atoms with Crippen LogP contribution in [0.15, 0.2) is 18.2 Å². The van der Waals surface area contributed by atoms with Crippen LogP contribution >= 0.6 is 0 Å². The molecule has 1 rings (SSSR count). The average molecular weight is 566 g/mol. The van der Waals surface area contributed by atoms with Gasteiger partial charge in [-0.3, -0.25) is 14.4 Å². The molecule has 1 aromatic carbocycles. The maximum absolute atomic E-state index is 12.9. The molecule has 0 aromatic heterocycles. The lowest BCUT2D eigenvalue weighted by Gasteiger charge is -2.28. The van der Waals surface area contributed by atoms with E-state index in [1.807, 2.05) is 41.5 Å². The van der Waals surface area contributed by atoms with E-state index >= 15 is 0 Å². The van der Waals surface area contributed by atoms with Gasteiger partial charge in [0, 0.05) is 5.92 Å². The average Bonchev–Trinajstić information content (AvgIpc) is 2.87. The van der Waals surface area contributed by atoms with Gasteiger partial charge in [-0.1, -0.05) is 68.4 Å². The molecule has 0 saturated carbocycles. The van der Waals surface area contributed by atoms with Crippen LogP contribution in [0, 0.1) is 35.5 Å². The van der Waals surface area contributed by atoms with E-state index in [1.54, 1.807) is 33.8 Å². The van der Waals surface area contributed by atoms with E-state index in [4.69, 9.17) is 24.7 Å². The number of carboxylic acid groups (broad SMARTS) is 1. The Morgan fingerprint density at radius 3 is 1.73 bits per heavy atom. The van der Waals surface area contributed by atoms with Crippen LogP contribution < -0.4 is 15.2 Å². The van der Waals surface area contributed by atoms with Crippen molar-refractivity contribution in [1.82, 2.24) is 0 Å². The van der Waals surface area contributed by atoms with E-state index in [2.05, 4.69) is 0 Å². The summed E-state index contributed by atoms with van der Waals surface area (Å²) in [6.45, 7) is 18.1. The molecular weight excluding hydrogens is 518 g/mol. The van der Waals surface area contributed by atoms with Gasteiger partial charge in [0.2, 0.25) is 0 Å². The molecule has 0 aliphatic carbocycles. The molecule has 0 aliphatic rings. The topological polar surface area (TPSA) is 151 Å². The first-order chi connectivity index (χ1) is 18.5. The molecule has 226 valence electrons. The number of rotatable bonds is 14. The minimum atomic E-state index is -1.38. The molecule has 0 saturated heterocycles. The largest absolute Gasteiger partial charge is 0.508 e. The number of hydrogen-bond donors (Lipinski definition) is 2. The van der Waals surface area contributed by atoms with Crippen LogP contribution in [0.5, 0.6) is 11.5 Å². The van der Waals surface area contributed by atoms with Crippen LogP contribution in [0.3, 0.4) is 0 Å². The second kappa shape index (κ2) is 15.6. The molecule has 6 atom stereocenters. The molecule has 10 heteroatoms. The summed E-state index contributed by atoms with van der Waals surface area (Å²) in [6, 6.07) is 3.10. The second-order valence-corrected chi connectivity index (χ2v) is 11.6. The number of nitrogens with two attached hydrogens (primary N) is 1. The third-order valence-corrected chi connectivity index (χ3v) is 7.49. The fraction of sp³-hybridized carbons (Fsp3) is 0.667. The van der Waals surface area contributed by atoms with E-state index in [0.29, 0.717) is 5.56 Å². The Kier molecular flexibility index (Phi) is 13.6. The van der Waals surface area contributed by atoms with Crippen molar-refractivity contribution in [3.05, 3.63) is 23.8 Å². The van der Waals surface area contributed by atoms with Gasteiger partial charge in [0.1, 0.15) is 12.1 Å². The summed E-state index contributed by atoms with van der Waals surface area (Å²) in [5, 5.41) is 9.74. The van der Waals surface area contributed by atoms with Gasteiger partial charge >= 0.3 is 24.1 Å². The summed E-state index contributed by atoms with van der Waals surface area (Å²) in [6.07, 6.45) is -1.23. The van der Waals surface area contributed by atoms with Gasteiger partial charge in [0.25, 0.3) is 0 Å². The molecular formula is C30H47NO9. The Morgan fingerprint density at radius 2 is 1.27 bits per heavy atom. The molecule has 0 aliphatic heterocycles. The first kappa shape index (κ1) is 34.9. The molecule has 0 fully saturated rings. The Labute approximate surface area is 237 Å². The predicted octanol–water partition coefficient (Wildman–Crippen LogP) is 5.41. The van der Waals surface area contributed by atoms with Crippen LogP contribution in [0.1, 0.15) is 80.7 Å². The van der Waals surface area contributed by atoms with Crippen molar-refractivity contribution >= 4 is 24.1 Å². The third kappa shape index (κ3) is 10.1. The molecule has 0 spiro atoms. The number of hydrogen-bond acceptors (Lipinski definition) is 9. The zero-order valence-electron chi connectivity index (χ0n) is 25.4. The quantitative estimate of drug-likeness (QED) is 0.221. The maximum Gasteiger partial charge on any atom is 0.508 e. The monoisotopic (exact) mass is 565 g/mol. The molecule has 40 heavy (non-hydrogen) atoms. The maximum atomic E-state index is 12.9. The molecule has 10 nitrogen and oxygen atoms in total. The second-order valence-electron chi connectivity index (χ2n) is 11.6. The summed E-state index contributed by atoms with van der Waals surface area (Å²) in [4.78, 5) is 49.7. The van der Waals surface area contributed by atoms with E-state index < -0.39 is 53.8 Å². The van der Waals surface area contributed by atoms with Crippen molar-refractivity contribution < 1.29 is 43.2 Å². The highest BCUT2D eigenvalue weighted by atomic mass is 16.7. The fourth-order valence-corrected chi connectivity index (χ4v) is 3.51. The Balaban J connectivity index is 3.42. The number of carbonyl (C=O) groups excluding carboxylic acids is 3. The molecule has 0 bridgehead atoms. The van der Waals surface area contributed by atoms with Crippen LogP contribution in [0.2, 0.25) is 0 Å². The molecule has 3 N–H and O–H groups in total. The van der Waals surface area contributed by atoms with Crippen molar-refractivity contribution in [3.63, 3.8) is 0 Å². The number of carbonyl (C=O) groups is 4. The van der Waals surface area contributed by atoms with Crippen molar-refractivity contribution in [2.75, 3.05) is 6.61 Å². The number of benzene rings is 1. The lowest BCUT2D eigenvalue weighted by Crippen LogP contribution is -2.40. The van der Waals surface area contributed by atoms with Crippen molar-refractivity contribution in [2.24, 2.45) is 41.2 Å². The standard InChI is InChI=1S/C30H47NO9/c1-15(2)19(8)28(34)39-23-12-11-22(13-24(23)40-29(35)20(9)16(3)4)25(26(31)27(32)33)18(7)14-37-30(36)38-21(10)17(5)6/h11-13,15-21,25-26H,14,31H2,1-10H3,(H,32,33)/t18?,19?,20?,21?,25?,26-/m0/s1. The summed E-state index contributed by atoms with van der Waals surface area (Å²) < 4.78 is 21.8. The zero-order valence-corrected chi connectivity index (χ0v) is 25.4. The van der Waals surface area contributed by atoms with Crippen LogP contribution in [0.25, 0.3) is 0 Å². The smallest absolute Gasteiger partial charge is 0.480 e. The van der Waals surface area contributed by atoms with Gasteiger partial charge in [-0.2, -0.15) is 0 Å². The molecule has 0 amide bonds. The summed E-state index contributed by atoms with van der Waals surface area (Å²) in [5.74, 6) is -4.47. The van der Waals surface area contributed by atoms with Gasteiger partial charge in [-0.15, -0.1) is 0 Å². The van der Waals surface area contributed by atoms with Crippen LogP contribution in [0.4, 0.5) is 4.79 Å². The van der Waals surface area contributed by atoms with Gasteiger partial charge in [0.05, 0.1) is 18.4 Å². The highest BCUT2D eigenvalue weighted by molar-refractivity contribution is 5.79. The van der Waals surface area contributed by atoms with E-state index in [9.17, 15) is 24.3 Å². The lowest BCUT2D eigenvalue weighted by atomic mass is 9.82. The normalized spacial score (nSPS) is 16.1. The molecule has 1 aromatic rings. The SMILES string of the molecule is CC(C)C(C)OC(=O)OCC(C)C(c1ccc(OC(=O)C(C)C(C)C)c(OC(=O)C(C)C(C)C)c1)[C@H](N)C(=O)O. The summed E-state index contributed by atoms with van der Waals surface area (Å²) in [7, 11) is 0. The highest BCUT2D eigenvalue weighted by Gasteiger charge is 2.33. The highest BCUT2D eigenvalue weighted by Crippen LogP contribution is 2.37. The number of carboxylic acids is 1. The first-order valence-electron chi connectivity index (χ1n) is 13.9. The number of esters is 2. The van der Waals surface area contributed by atoms with E-state index in [0.717, 1.165) is 0 Å². The van der Waals surface area contributed by atoms with Gasteiger partial charge in [0.15, 0.2) is 11.5 Å². The summed E-state index contributed by atoms with van der Waals surface area (Å²) in [5.41, 5.74) is 6.50.